The normalized spacial score (nSPS) is 28.8. The molecule has 1 fully saturated rings. The first-order valence-electron chi connectivity index (χ1n) is 5.08. The molecule has 2 nitrogen and oxygen atoms in total. The van der Waals surface area contributed by atoms with Gasteiger partial charge >= 0.3 is 0 Å². The van der Waals surface area contributed by atoms with E-state index < -0.39 is 0 Å². The van der Waals surface area contributed by atoms with Gasteiger partial charge in [-0.05, 0) is 46.2 Å². The second kappa shape index (κ2) is 4.83. The number of aliphatic hydroxyl groups is 1. The zero-order chi connectivity index (χ0) is 8.97. The number of rotatable bonds is 3. The molecule has 1 N–H and O–H groups in total. The molecule has 1 aliphatic heterocycles. The second-order valence-electron chi connectivity index (χ2n) is 4.06. The van der Waals surface area contributed by atoms with Crippen LogP contribution in [-0.2, 0) is 0 Å². The van der Waals surface area contributed by atoms with Gasteiger partial charge in [0.1, 0.15) is 0 Å². The van der Waals surface area contributed by atoms with E-state index in [1.807, 2.05) is 6.92 Å². The third kappa shape index (κ3) is 3.11. The van der Waals surface area contributed by atoms with E-state index in [1.165, 1.54) is 25.8 Å². The summed E-state index contributed by atoms with van der Waals surface area (Å²) in [5.74, 6) is 0. The van der Waals surface area contributed by atoms with Crippen molar-refractivity contribution < 1.29 is 5.11 Å². The van der Waals surface area contributed by atoms with Gasteiger partial charge < -0.3 is 10.0 Å². The van der Waals surface area contributed by atoms with Crippen LogP contribution in [0.2, 0.25) is 0 Å². The molecule has 0 spiro atoms. The van der Waals surface area contributed by atoms with Crippen LogP contribution >= 0.6 is 0 Å². The molecular formula is C10H21NO. The van der Waals surface area contributed by atoms with Crippen molar-refractivity contribution in [3.63, 3.8) is 0 Å². The fourth-order valence-electron chi connectivity index (χ4n) is 1.94. The molecule has 72 valence electrons. The van der Waals surface area contributed by atoms with Crippen molar-refractivity contribution in [2.24, 2.45) is 0 Å². The summed E-state index contributed by atoms with van der Waals surface area (Å²) in [7, 11) is 2.20. The highest BCUT2D eigenvalue weighted by molar-refractivity contribution is 4.74. The van der Waals surface area contributed by atoms with Crippen LogP contribution in [-0.4, -0.2) is 35.7 Å². The molecular weight excluding hydrogens is 150 g/mol. The maximum absolute atomic E-state index is 9.15. The Bertz CT molecular complexity index is 125. The van der Waals surface area contributed by atoms with Gasteiger partial charge in [0.25, 0.3) is 0 Å². The first-order chi connectivity index (χ1) is 5.70. The smallest absolute Gasteiger partial charge is 0.0512 e. The number of piperidine rings is 1. The van der Waals surface area contributed by atoms with Crippen LogP contribution in [0.1, 0.15) is 39.0 Å². The SMILES string of the molecule is CC(O)CCC1CCCCN1C. The molecule has 12 heavy (non-hydrogen) atoms. The van der Waals surface area contributed by atoms with Gasteiger partial charge in [-0.1, -0.05) is 6.42 Å². The number of hydrogen-bond donors (Lipinski definition) is 1. The molecule has 1 rings (SSSR count). The topological polar surface area (TPSA) is 23.5 Å². The van der Waals surface area contributed by atoms with Crippen LogP contribution < -0.4 is 0 Å². The monoisotopic (exact) mass is 171 g/mol. The van der Waals surface area contributed by atoms with Gasteiger partial charge in [-0.3, -0.25) is 0 Å². The highest BCUT2D eigenvalue weighted by Crippen LogP contribution is 2.19. The quantitative estimate of drug-likeness (QED) is 0.697. The van der Waals surface area contributed by atoms with Gasteiger partial charge in [0, 0.05) is 6.04 Å². The predicted molar refractivity (Wildman–Crippen MR) is 51.2 cm³/mol. The van der Waals surface area contributed by atoms with Crippen molar-refractivity contribution in [2.45, 2.75) is 51.2 Å². The van der Waals surface area contributed by atoms with Gasteiger partial charge in [0.05, 0.1) is 6.10 Å². The van der Waals surface area contributed by atoms with Crippen LogP contribution in [0.4, 0.5) is 0 Å². The Morgan fingerprint density at radius 2 is 2.25 bits per heavy atom. The molecule has 1 saturated heterocycles. The van der Waals surface area contributed by atoms with E-state index in [1.54, 1.807) is 0 Å². The van der Waals surface area contributed by atoms with Crippen molar-refractivity contribution in [1.82, 2.24) is 4.90 Å². The summed E-state index contributed by atoms with van der Waals surface area (Å²) in [6.07, 6.45) is 6.03. The van der Waals surface area contributed by atoms with Gasteiger partial charge in [0.2, 0.25) is 0 Å². The highest BCUT2D eigenvalue weighted by Gasteiger charge is 2.18. The Balaban J connectivity index is 2.20. The molecule has 0 aliphatic carbocycles. The van der Waals surface area contributed by atoms with Crippen molar-refractivity contribution in [3.8, 4) is 0 Å². The van der Waals surface area contributed by atoms with Crippen molar-refractivity contribution in [3.05, 3.63) is 0 Å². The number of nitrogens with zero attached hydrogens (tertiary/aromatic N) is 1. The summed E-state index contributed by atoms with van der Waals surface area (Å²) in [6.45, 7) is 3.12. The Hall–Kier alpha value is -0.0800. The molecule has 1 aliphatic rings. The Morgan fingerprint density at radius 1 is 1.50 bits per heavy atom. The van der Waals surface area contributed by atoms with Gasteiger partial charge in [-0.15, -0.1) is 0 Å². The molecule has 2 atom stereocenters. The van der Waals surface area contributed by atoms with E-state index in [4.69, 9.17) is 5.11 Å². The maximum Gasteiger partial charge on any atom is 0.0512 e. The number of aliphatic hydroxyl groups excluding tert-OH is 1. The van der Waals surface area contributed by atoms with E-state index in [-0.39, 0.29) is 6.10 Å². The molecule has 1 heterocycles. The minimum Gasteiger partial charge on any atom is -0.393 e. The first kappa shape index (κ1) is 10.0. The Kier molecular flexibility index (Phi) is 4.02. The lowest BCUT2D eigenvalue weighted by Crippen LogP contribution is -2.36. The molecule has 0 aromatic carbocycles. The lowest BCUT2D eigenvalue weighted by atomic mass is 9.97. The zero-order valence-corrected chi connectivity index (χ0v) is 8.29. The fraction of sp³-hybridized carbons (Fsp3) is 1.00. The van der Waals surface area contributed by atoms with Crippen LogP contribution in [0, 0.1) is 0 Å². The number of likely N-dealkylation sites (tertiary alicyclic amines) is 1. The van der Waals surface area contributed by atoms with Crippen LogP contribution in [0.15, 0.2) is 0 Å². The lowest BCUT2D eigenvalue weighted by molar-refractivity contribution is 0.134. The first-order valence-corrected chi connectivity index (χ1v) is 5.08. The van der Waals surface area contributed by atoms with Crippen LogP contribution in [0.5, 0.6) is 0 Å². The maximum atomic E-state index is 9.15. The standard InChI is InChI=1S/C10H21NO/c1-9(12)6-7-10-5-3-4-8-11(10)2/h9-10,12H,3-8H2,1-2H3. The summed E-state index contributed by atoms with van der Waals surface area (Å²) in [6, 6.07) is 0.730. The third-order valence-electron chi connectivity index (χ3n) is 2.84. The average molecular weight is 171 g/mol. The molecule has 0 saturated carbocycles. The van der Waals surface area contributed by atoms with Crippen LogP contribution in [0.3, 0.4) is 0 Å². The Labute approximate surface area is 75.6 Å². The predicted octanol–water partition coefficient (Wildman–Crippen LogP) is 1.63. The van der Waals surface area contributed by atoms with Crippen LogP contribution in [0.25, 0.3) is 0 Å². The summed E-state index contributed by atoms with van der Waals surface area (Å²) in [4.78, 5) is 2.44. The fourth-order valence-corrected chi connectivity index (χ4v) is 1.94. The van der Waals surface area contributed by atoms with E-state index in [9.17, 15) is 0 Å². The summed E-state index contributed by atoms with van der Waals surface area (Å²) in [5, 5.41) is 9.15. The molecule has 0 aromatic rings. The van der Waals surface area contributed by atoms with Crippen molar-refractivity contribution >= 4 is 0 Å². The molecule has 2 heteroatoms. The van der Waals surface area contributed by atoms with Gasteiger partial charge in [-0.2, -0.15) is 0 Å². The second-order valence-corrected chi connectivity index (χ2v) is 4.06. The van der Waals surface area contributed by atoms with Gasteiger partial charge in [0.15, 0.2) is 0 Å². The van der Waals surface area contributed by atoms with Gasteiger partial charge in [-0.25, -0.2) is 0 Å². The summed E-state index contributed by atoms with van der Waals surface area (Å²) < 4.78 is 0. The lowest BCUT2D eigenvalue weighted by Gasteiger charge is -2.32. The third-order valence-corrected chi connectivity index (χ3v) is 2.84. The minimum atomic E-state index is -0.125. The van der Waals surface area contributed by atoms with E-state index in [2.05, 4.69) is 11.9 Å². The number of hydrogen-bond acceptors (Lipinski definition) is 2. The van der Waals surface area contributed by atoms with E-state index >= 15 is 0 Å². The molecule has 0 amide bonds. The molecule has 0 radical (unpaired) electrons. The largest absolute Gasteiger partial charge is 0.393 e. The molecule has 0 bridgehead atoms. The molecule has 0 aromatic heterocycles. The Morgan fingerprint density at radius 3 is 2.83 bits per heavy atom. The summed E-state index contributed by atoms with van der Waals surface area (Å²) >= 11 is 0. The summed E-state index contributed by atoms with van der Waals surface area (Å²) in [5.41, 5.74) is 0. The zero-order valence-electron chi connectivity index (χ0n) is 8.29. The minimum absolute atomic E-state index is 0.125. The van der Waals surface area contributed by atoms with E-state index in [0.29, 0.717) is 0 Å². The van der Waals surface area contributed by atoms with Crippen molar-refractivity contribution in [2.75, 3.05) is 13.6 Å². The average Bonchev–Trinajstić information content (AvgIpc) is 2.03. The van der Waals surface area contributed by atoms with Crippen molar-refractivity contribution in [1.29, 1.82) is 0 Å². The molecule has 2 unspecified atom stereocenters. The van der Waals surface area contributed by atoms with E-state index in [0.717, 1.165) is 18.9 Å². The highest BCUT2D eigenvalue weighted by atomic mass is 16.3.